The van der Waals surface area contributed by atoms with E-state index in [-0.39, 0.29) is 23.6 Å². The van der Waals surface area contributed by atoms with Crippen molar-refractivity contribution in [2.24, 2.45) is 0 Å². The lowest BCUT2D eigenvalue weighted by atomic mass is 10.1. The maximum absolute atomic E-state index is 13.8. The molecule has 0 atom stereocenters. The van der Waals surface area contributed by atoms with Gasteiger partial charge in [0.05, 0.1) is 5.39 Å². The predicted octanol–water partition coefficient (Wildman–Crippen LogP) is 4.52. The molecule has 0 saturated heterocycles. The molecule has 2 aromatic heterocycles. The SMILES string of the molecule is O=c1[nH]c(Cc2ccccc2F)nc2scc(-c3ccc(F)cc3)c12. The van der Waals surface area contributed by atoms with E-state index >= 15 is 0 Å². The normalized spacial score (nSPS) is 11.1. The summed E-state index contributed by atoms with van der Waals surface area (Å²) in [6.07, 6.45) is 0.210. The number of hydrogen-bond donors (Lipinski definition) is 1. The predicted molar refractivity (Wildman–Crippen MR) is 94.8 cm³/mol. The lowest BCUT2D eigenvalue weighted by molar-refractivity contribution is 0.612. The molecule has 2 heterocycles. The van der Waals surface area contributed by atoms with Crippen molar-refractivity contribution in [1.29, 1.82) is 0 Å². The molecule has 6 heteroatoms. The molecule has 0 radical (unpaired) electrons. The average Bonchev–Trinajstić information content (AvgIpc) is 3.02. The van der Waals surface area contributed by atoms with E-state index in [0.29, 0.717) is 27.2 Å². The lowest BCUT2D eigenvalue weighted by Gasteiger charge is -2.04. The van der Waals surface area contributed by atoms with Crippen LogP contribution < -0.4 is 5.56 Å². The van der Waals surface area contributed by atoms with Crippen molar-refractivity contribution in [3.63, 3.8) is 0 Å². The molecule has 25 heavy (non-hydrogen) atoms. The largest absolute Gasteiger partial charge is 0.310 e. The van der Waals surface area contributed by atoms with Gasteiger partial charge in [0.25, 0.3) is 5.56 Å². The topological polar surface area (TPSA) is 45.8 Å². The smallest absolute Gasteiger partial charge is 0.260 e. The van der Waals surface area contributed by atoms with Crippen LogP contribution in [-0.2, 0) is 6.42 Å². The summed E-state index contributed by atoms with van der Waals surface area (Å²) in [7, 11) is 0. The van der Waals surface area contributed by atoms with Gasteiger partial charge >= 0.3 is 0 Å². The Labute approximate surface area is 145 Å². The van der Waals surface area contributed by atoms with Crippen molar-refractivity contribution in [2.45, 2.75) is 6.42 Å². The molecule has 0 aliphatic carbocycles. The molecule has 0 bridgehead atoms. The first-order valence-electron chi connectivity index (χ1n) is 7.61. The van der Waals surface area contributed by atoms with Crippen molar-refractivity contribution in [1.82, 2.24) is 9.97 Å². The van der Waals surface area contributed by atoms with E-state index in [1.54, 1.807) is 30.3 Å². The summed E-state index contributed by atoms with van der Waals surface area (Å²) < 4.78 is 26.9. The number of rotatable bonds is 3. The molecule has 0 unspecified atom stereocenters. The molecule has 0 amide bonds. The highest BCUT2D eigenvalue weighted by molar-refractivity contribution is 7.17. The first-order chi connectivity index (χ1) is 12.1. The lowest BCUT2D eigenvalue weighted by Crippen LogP contribution is -2.12. The van der Waals surface area contributed by atoms with E-state index in [9.17, 15) is 13.6 Å². The van der Waals surface area contributed by atoms with Gasteiger partial charge in [0.2, 0.25) is 0 Å². The van der Waals surface area contributed by atoms with Crippen LogP contribution in [0.5, 0.6) is 0 Å². The first kappa shape index (κ1) is 15.7. The van der Waals surface area contributed by atoms with Crippen LogP contribution in [0.25, 0.3) is 21.3 Å². The number of halogens is 2. The molecular formula is C19H12F2N2OS. The summed E-state index contributed by atoms with van der Waals surface area (Å²) in [5.74, 6) is -0.249. The van der Waals surface area contributed by atoms with Gasteiger partial charge in [0, 0.05) is 17.4 Å². The van der Waals surface area contributed by atoms with Gasteiger partial charge in [0.15, 0.2) is 0 Å². The fourth-order valence-electron chi connectivity index (χ4n) is 2.74. The van der Waals surface area contributed by atoms with Crippen molar-refractivity contribution in [3.05, 3.63) is 87.3 Å². The van der Waals surface area contributed by atoms with Crippen molar-refractivity contribution in [2.75, 3.05) is 0 Å². The van der Waals surface area contributed by atoms with E-state index in [1.807, 2.05) is 5.38 Å². The number of benzene rings is 2. The number of nitrogens with one attached hydrogen (secondary N) is 1. The third kappa shape index (κ3) is 2.96. The van der Waals surface area contributed by atoms with Gasteiger partial charge in [-0.1, -0.05) is 30.3 Å². The Morgan fingerprint density at radius 1 is 1.04 bits per heavy atom. The number of thiophene rings is 1. The Morgan fingerprint density at radius 3 is 2.56 bits per heavy atom. The number of aromatic nitrogens is 2. The van der Waals surface area contributed by atoms with Crippen LogP contribution in [0.2, 0.25) is 0 Å². The third-order valence-electron chi connectivity index (χ3n) is 3.96. The second-order valence-electron chi connectivity index (χ2n) is 5.62. The average molecular weight is 354 g/mol. The van der Waals surface area contributed by atoms with Gasteiger partial charge in [-0.2, -0.15) is 0 Å². The van der Waals surface area contributed by atoms with E-state index in [1.165, 1.54) is 29.5 Å². The van der Waals surface area contributed by atoms with Crippen molar-refractivity contribution in [3.8, 4) is 11.1 Å². The Hall–Kier alpha value is -2.86. The molecular weight excluding hydrogens is 342 g/mol. The van der Waals surface area contributed by atoms with Crippen LogP contribution in [0.4, 0.5) is 8.78 Å². The van der Waals surface area contributed by atoms with Gasteiger partial charge in [0.1, 0.15) is 22.3 Å². The zero-order valence-electron chi connectivity index (χ0n) is 12.9. The molecule has 0 aliphatic rings. The molecule has 1 N–H and O–H groups in total. The summed E-state index contributed by atoms with van der Waals surface area (Å²) >= 11 is 1.34. The summed E-state index contributed by atoms with van der Waals surface area (Å²) in [5.41, 5.74) is 1.66. The highest BCUT2D eigenvalue weighted by atomic mass is 32.1. The van der Waals surface area contributed by atoms with E-state index < -0.39 is 0 Å². The molecule has 0 saturated carbocycles. The number of hydrogen-bond acceptors (Lipinski definition) is 3. The summed E-state index contributed by atoms with van der Waals surface area (Å²) in [5, 5.41) is 2.29. The first-order valence-corrected chi connectivity index (χ1v) is 8.49. The van der Waals surface area contributed by atoms with Crippen LogP contribution in [-0.4, -0.2) is 9.97 Å². The molecule has 2 aromatic carbocycles. The van der Waals surface area contributed by atoms with Crippen molar-refractivity contribution >= 4 is 21.6 Å². The maximum atomic E-state index is 13.8. The van der Waals surface area contributed by atoms with Gasteiger partial charge in [-0.3, -0.25) is 4.79 Å². The van der Waals surface area contributed by atoms with Crippen LogP contribution >= 0.6 is 11.3 Å². The molecule has 4 aromatic rings. The minimum absolute atomic E-state index is 0.210. The standard InChI is InChI=1S/C19H12F2N2OS/c20-13-7-5-11(6-8-13)14-10-25-19-17(14)18(24)22-16(23-19)9-12-3-1-2-4-15(12)21/h1-8,10H,9H2,(H,22,23,24). The quantitative estimate of drug-likeness (QED) is 0.588. The second-order valence-corrected chi connectivity index (χ2v) is 6.48. The van der Waals surface area contributed by atoms with Gasteiger partial charge in [-0.05, 0) is 29.3 Å². The van der Waals surface area contributed by atoms with Crippen LogP contribution in [0, 0.1) is 11.6 Å². The third-order valence-corrected chi connectivity index (χ3v) is 4.84. The van der Waals surface area contributed by atoms with Crippen molar-refractivity contribution < 1.29 is 8.78 Å². The number of nitrogens with zero attached hydrogens (tertiary/aromatic N) is 1. The zero-order valence-corrected chi connectivity index (χ0v) is 13.7. The Bertz CT molecular complexity index is 1120. The summed E-state index contributed by atoms with van der Waals surface area (Å²) in [6, 6.07) is 12.4. The highest BCUT2D eigenvalue weighted by Gasteiger charge is 2.14. The number of fused-ring (bicyclic) bond motifs is 1. The molecule has 0 fully saturated rings. The summed E-state index contributed by atoms with van der Waals surface area (Å²) in [6.45, 7) is 0. The molecule has 4 rings (SSSR count). The Morgan fingerprint density at radius 2 is 1.80 bits per heavy atom. The van der Waals surface area contributed by atoms with Crippen LogP contribution in [0.1, 0.15) is 11.4 Å². The minimum atomic E-state index is -0.331. The fraction of sp³-hybridized carbons (Fsp3) is 0.0526. The zero-order chi connectivity index (χ0) is 17.4. The number of aromatic amines is 1. The van der Waals surface area contributed by atoms with Gasteiger partial charge in [-0.25, -0.2) is 13.8 Å². The Balaban J connectivity index is 1.78. The van der Waals surface area contributed by atoms with E-state index in [2.05, 4.69) is 9.97 Å². The van der Waals surface area contributed by atoms with E-state index in [0.717, 1.165) is 5.56 Å². The Kier molecular flexibility index (Phi) is 3.89. The second kappa shape index (κ2) is 6.22. The molecule has 124 valence electrons. The molecule has 0 aliphatic heterocycles. The van der Waals surface area contributed by atoms with Gasteiger partial charge in [-0.15, -0.1) is 11.3 Å². The van der Waals surface area contributed by atoms with Gasteiger partial charge < -0.3 is 4.98 Å². The molecule has 0 spiro atoms. The minimum Gasteiger partial charge on any atom is -0.310 e. The number of H-pyrrole nitrogens is 1. The molecule has 3 nitrogen and oxygen atoms in total. The monoisotopic (exact) mass is 354 g/mol. The van der Waals surface area contributed by atoms with E-state index in [4.69, 9.17) is 0 Å². The van der Waals surface area contributed by atoms with Crippen LogP contribution in [0.15, 0.2) is 58.7 Å². The van der Waals surface area contributed by atoms with Crippen LogP contribution in [0.3, 0.4) is 0 Å². The fourth-order valence-corrected chi connectivity index (χ4v) is 3.71. The summed E-state index contributed by atoms with van der Waals surface area (Å²) in [4.78, 5) is 20.3. The highest BCUT2D eigenvalue weighted by Crippen LogP contribution is 2.30. The maximum Gasteiger partial charge on any atom is 0.260 e.